The normalized spacial score (nSPS) is 17.0. The molecular formula is C21H22F3N3O3S. The van der Waals surface area contributed by atoms with Crippen molar-refractivity contribution in [2.75, 3.05) is 12.3 Å². The van der Waals surface area contributed by atoms with E-state index in [2.05, 4.69) is 10.8 Å². The van der Waals surface area contributed by atoms with Crippen molar-refractivity contribution in [1.82, 2.24) is 15.7 Å². The van der Waals surface area contributed by atoms with Gasteiger partial charge in [0.15, 0.2) is 0 Å². The molecule has 0 saturated carbocycles. The highest BCUT2D eigenvalue weighted by molar-refractivity contribution is 7.99. The highest BCUT2D eigenvalue weighted by Gasteiger charge is 2.44. The Balaban J connectivity index is 1.59. The van der Waals surface area contributed by atoms with Crippen LogP contribution in [0.3, 0.4) is 0 Å². The first-order valence-corrected chi connectivity index (χ1v) is 10.4. The number of hydrogen-bond acceptors (Lipinski definition) is 5. The number of hydroxylamine groups is 1. The number of thioether (sulfide) groups is 1. The van der Waals surface area contributed by atoms with Gasteiger partial charge in [0.25, 0.3) is 5.91 Å². The number of alkyl halides is 3. The lowest BCUT2D eigenvalue weighted by Crippen LogP contribution is -2.45. The fraction of sp³-hybridized carbons (Fsp3) is 0.333. The van der Waals surface area contributed by atoms with Crippen molar-refractivity contribution < 1.29 is 28.0 Å². The van der Waals surface area contributed by atoms with Crippen LogP contribution in [0.5, 0.6) is 0 Å². The minimum absolute atomic E-state index is 0.0151. The molecule has 2 aromatic rings. The van der Waals surface area contributed by atoms with E-state index in [9.17, 15) is 28.0 Å². The predicted octanol–water partition coefficient (Wildman–Crippen LogP) is 4.14. The highest BCUT2D eigenvalue weighted by atomic mass is 32.2. The second-order valence-electron chi connectivity index (χ2n) is 7.71. The van der Waals surface area contributed by atoms with Crippen LogP contribution in [-0.2, 0) is 11.0 Å². The van der Waals surface area contributed by atoms with E-state index in [1.54, 1.807) is 26.0 Å². The smallest absolute Gasteiger partial charge is 0.324 e. The van der Waals surface area contributed by atoms with Gasteiger partial charge in [0.05, 0.1) is 11.6 Å². The van der Waals surface area contributed by atoms with Crippen molar-refractivity contribution in [2.24, 2.45) is 0 Å². The Labute approximate surface area is 181 Å². The van der Waals surface area contributed by atoms with Crippen LogP contribution in [0.25, 0.3) is 11.1 Å². The van der Waals surface area contributed by atoms with E-state index in [1.807, 2.05) is 12.1 Å². The summed E-state index contributed by atoms with van der Waals surface area (Å²) in [6, 6.07) is 11.2. The summed E-state index contributed by atoms with van der Waals surface area (Å²) in [5.41, 5.74) is 1.91. The SMILES string of the molecule is CC1(C)NC(=O)N(CC(CSc2ccc(-c3ccc(C(F)(F)F)cc3)cc2)NO)C1=O. The number of nitrogens with one attached hydrogen (secondary N) is 2. The molecular weight excluding hydrogens is 431 g/mol. The first kappa shape index (κ1) is 23.1. The second-order valence-corrected chi connectivity index (χ2v) is 8.80. The van der Waals surface area contributed by atoms with Gasteiger partial charge in [-0.2, -0.15) is 18.7 Å². The molecule has 0 radical (unpaired) electrons. The first-order valence-electron chi connectivity index (χ1n) is 9.45. The molecule has 0 spiro atoms. The minimum atomic E-state index is -4.37. The summed E-state index contributed by atoms with van der Waals surface area (Å²) >= 11 is 1.41. The van der Waals surface area contributed by atoms with Crippen LogP contribution in [0.2, 0.25) is 0 Å². The Morgan fingerprint density at radius 2 is 1.61 bits per heavy atom. The molecule has 3 rings (SSSR count). The molecule has 1 aliphatic rings. The van der Waals surface area contributed by atoms with Crippen molar-refractivity contribution in [1.29, 1.82) is 0 Å². The van der Waals surface area contributed by atoms with Crippen LogP contribution in [0.1, 0.15) is 19.4 Å². The predicted molar refractivity (Wildman–Crippen MR) is 111 cm³/mol. The number of rotatable bonds is 7. The summed E-state index contributed by atoms with van der Waals surface area (Å²) in [7, 11) is 0. The zero-order chi connectivity index (χ0) is 22.8. The molecule has 3 amide bonds. The third kappa shape index (κ3) is 5.38. The van der Waals surface area contributed by atoms with Crippen molar-refractivity contribution in [3.8, 4) is 11.1 Å². The van der Waals surface area contributed by atoms with E-state index >= 15 is 0 Å². The summed E-state index contributed by atoms with van der Waals surface area (Å²) < 4.78 is 38.1. The molecule has 1 saturated heterocycles. The number of urea groups is 1. The quantitative estimate of drug-likeness (QED) is 0.334. The maximum atomic E-state index is 12.7. The first-order chi connectivity index (χ1) is 14.5. The van der Waals surface area contributed by atoms with Gasteiger partial charge in [0.1, 0.15) is 5.54 Å². The number of hydrogen-bond donors (Lipinski definition) is 3. The molecule has 2 aromatic carbocycles. The third-order valence-corrected chi connectivity index (χ3v) is 6.06. The minimum Gasteiger partial charge on any atom is -0.324 e. The van der Waals surface area contributed by atoms with E-state index in [-0.39, 0.29) is 12.5 Å². The van der Waals surface area contributed by atoms with E-state index in [0.717, 1.165) is 27.5 Å². The Morgan fingerprint density at radius 3 is 2.06 bits per heavy atom. The van der Waals surface area contributed by atoms with Gasteiger partial charge < -0.3 is 10.5 Å². The average molecular weight is 453 g/mol. The van der Waals surface area contributed by atoms with E-state index in [0.29, 0.717) is 11.3 Å². The molecule has 1 heterocycles. The summed E-state index contributed by atoms with van der Waals surface area (Å²) in [6.45, 7) is 3.24. The third-order valence-electron chi connectivity index (χ3n) is 4.88. The number of carbonyl (C=O) groups is 2. The van der Waals surface area contributed by atoms with E-state index < -0.39 is 29.4 Å². The van der Waals surface area contributed by atoms with Crippen LogP contribution in [0.15, 0.2) is 53.4 Å². The molecule has 31 heavy (non-hydrogen) atoms. The molecule has 0 bridgehead atoms. The molecule has 1 atom stereocenters. The van der Waals surface area contributed by atoms with Crippen LogP contribution in [-0.4, -0.2) is 45.9 Å². The summed E-state index contributed by atoms with van der Waals surface area (Å²) in [5.74, 6) is 0.0248. The number of imide groups is 1. The number of amides is 3. The van der Waals surface area contributed by atoms with Crippen molar-refractivity contribution in [3.05, 3.63) is 54.1 Å². The largest absolute Gasteiger partial charge is 0.416 e. The number of benzene rings is 2. The fourth-order valence-electron chi connectivity index (χ4n) is 3.13. The van der Waals surface area contributed by atoms with Gasteiger partial charge in [0, 0.05) is 17.2 Å². The maximum Gasteiger partial charge on any atom is 0.416 e. The van der Waals surface area contributed by atoms with Crippen LogP contribution >= 0.6 is 11.8 Å². The number of nitrogens with zero attached hydrogens (tertiary/aromatic N) is 1. The molecule has 3 N–H and O–H groups in total. The van der Waals surface area contributed by atoms with Gasteiger partial charge in [-0.1, -0.05) is 24.3 Å². The molecule has 0 aliphatic carbocycles. The zero-order valence-corrected chi connectivity index (χ0v) is 17.7. The highest BCUT2D eigenvalue weighted by Crippen LogP contribution is 2.31. The van der Waals surface area contributed by atoms with Crippen molar-refractivity contribution >= 4 is 23.7 Å². The van der Waals surface area contributed by atoms with Crippen molar-refractivity contribution in [2.45, 2.75) is 36.5 Å². The van der Waals surface area contributed by atoms with Gasteiger partial charge in [0.2, 0.25) is 0 Å². The molecule has 10 heteroatoms. The van der Waals surface area contributed by atoms with Crippen LogP contribution in [0, 0.1) is 0 Å². The van der Waals surface area contributed by atoms with Gasteiger partial charge in [-0.25, -0.2) is 4.79 Å². The summed E-state index contributed by atoms with van der Waals surface area (Å²) in [5, 5.41) is 12.0. The molecule has 0 aromatic heterocycles. The van der Waals surface area contributed by atoms with Gasteiger partial charge in [-0.15, -0.1) is 11.8 Å². The Kier molecular flexibility index (Phi) is 6.63. The lowest BCUT2D eigenvalue weighted by molar-refractivity contribution is -0.137. The summed E-state index contributed by atoms with van der Waals surface area (Å²) in [6.07, 6.45) is -4.37. The standard InChI is InChI=1S/C21H22F3N3O3S/c1-20(2)18(28)27(19(29)25-20)11-16(26-30)12-31-17-9-5-14(6-10-17)13-3-7-15(8-4-13)21(22,23)24/h3-10,16,26,30H,11-12H2,1-2H3,(H,25,29). The van der Waals surface area contributed by atoms with Gasteiger partial charge in [-0.3, -0.25) is 9.69 Å². The molecule has 1 aliphatic heterocycles. The maximum absolute atomic E-state index is 12.7. The average Bonchev–Trinajstić information content (AvgIpc) is 2.92. The molecule has 166 valence electrons. The Bertz CT molecular complexity index is 947. The second kappa shape index (κ2) is 8.89. The van der Waals surface area contributed by atoms with E-state index in [1.165, 1.54) is 23.9 Å². The van der Waals surface area contributed by atoms with Crippen LogP contribution < -0.4 is 10.8 Å². The van der Waals surface area contributed by atoms with E-state index in [4.69, 9.17) is 0 Å². The monoisotopic (exact) mass is 453 g/mol. The topological polar surface area (TPSA) is 81.7 Å². The Hall–Kier alpha value is -2.56. The zero-order valence-electron chi connectivity index (χ0n) is 16.9. The lowest BCUT2D eigenvalue weighted by atomic mass is 10.0. The van der Waals surface area contributed by atoms with Crippen LogP contribution in [0.4, 0.5) is 18.0 Å². The molecule has 1 fully saturated rings. The molecule has 6 nitrogen and oxygen atoms in total. The van der Waals surface area contributed by atoms with Gasteiger partial charge >= 0.3 is 12.2 Å². The number of halogens is 3. The number of carbonyl (C=O) groups excluding carboxylic acids is 2. The summed E-state index contributed by atoms with van der Waals surface area (Å²) in [4.78, 5) is 26.2. The molecule has 1 unspecified atom stereocenters. The fourth-order valence-corrected chi connectivity index (χ4v) is 4.03. The lowest BCUT2D eigenvalue weighted by Gasteiger charge is -2.21. The van der Waals surface area contributed by atoms with Crippen molar-refractivity contribution in [3.63, 3.8) is 0 Å². The van der Waals surface area contributed by atoms with Gasteiger partial charge in [-0.05, 0) is 49.2 Å². The Morgan fingerprint density at radius 1 is 1.06 bits per heavy atom.